The van der Waals surface area contributed by atoms with Gasteiger partial charge in [0.15, 0.2) is 0 Å². The minimum Gasteiger partial charge on any atom is -0.465 e. The van der Waals surface area contributed by atoms with E-state index in [1.807, 2.05) is 44.3 Å². The highest BCUT2D eigenvalue weighted by molar-refractivity contribution is 5.84. The van der Waals surface area contributed by atoms with Crippen LogP contribution in [0.1, 0.15) is 18.9 Å². The number of likely N-dealkylation sites (N-methyl/N-ethyl adjacent to an activating group) is 1. The van der Waals surface area contributed by atoms with E-state index in [0.29, 0.717) is 6.61 Å². The molecule has 1 saturated heterocycles. The van der Waals surface area contributed by atoms with Crippen molar-refractivity contribution in [3.63, 3.8) is 0 Å². The van der Waals surface area contributed by atoms with Gasteiger partial charge in [0, 0.05) is 6.54 Å². The highest BCUT2D eigenvalue weighted by Crippen LogP contribution is 2.35. The van der Waals surface area contributed by atoms with Crippen molar-refractivity contribution >= 4 is 5.97 Å². The third-order valence-electron chi connectivity index (χ3n) is 3.45. The molecule has 0 radical (unpaired) electrons. The van der Waals surface area contributed by atoms with Crippen LogP contribution >= 0.6 is 0 Å². The number of hydrogen-bond acceptors (Lipinski definition) is 3. The Bertz CT molecular complexity index is 390. The quantitative estimate of drug-likeness (QED) is 0.746. The average Bonchev–Trinajstić information content (AvgIpc) is 2.74. The third-order valence-corrected chi connectivity index (χ3v) is 3.45. The lowest BCUT2D eigenvalue weighted by atomic mass is 9.79. The van der Waals surface area contributed by atoms with E-state index in [4.69, 9.17) is 4.74 Å². The first kappa shape index (κ1) is 12.1. The molecular formula is C14H19NO2. The maximum absolute atomic E-state index is 12.3. The van der Waals surface area contributed by atoms with Gasteiger partial charge in [0.1, 0.15) is 5.41 Å². The first-order valence-electron chi connectivity index (χ1n) is 6.10. The van der Waals surface area contributed by atoms with Gasteiger partial charge in [-0.15, -0.1) is 0 Å². The molecule has 1 atom stereocenters. The highest BCUT2D eigenvalue weighted by atomic mass is 16.5. The molecule has 0 aromatic heterocycles. The molecule has 1 aromatic carbocycles. The maximum atomic E-state index is 12.3. The Hall–Kier alpha value is -1.35. The van der Waals surface area contributed by atoms with E-state index in [0.717, 1.165) is 25.1 Å². The molecule has 1 heterocycles. The Morgan fingerprint density at radius 2 is 2.12 bits per heavy atom. The number of esters is 1. The van der Waals surface area contributed by atoms with Crippen LogP contribution in [0.5, 0.6) is 0 Å². The van der Waals surface area contributed by atoms with E-state index in [1.165, 1.54) is 0 Å². The van der Waals surface area contributed by atoms with Crippen LogP contribution in [0.4, 0.5) is 0 Å². The summed E-state index contributed by atoms with van der Waals surface area (Å²) in [6.07, 6.45) is 0.840. The standard InChI is InChI=1S/C14H19NO2/c1-3-17-13(16)14(9-10-15(2)11-14)12-7-5-4-6-8-12/h4-8H,3,9-11H2,1-2H3/t14-/m0/s1. The highest BCUT2D eigenvalue weighted by Gasteiger charge is 2.46. The Morgan fingerprint density at radius 3 is 2.65 bits per heavy atom. The van der Waals surface area contributed by atoms with Crippen LogP contribution in [0.25, 0.3) is 0 Å². The normalized spacial score (nSPS) is 24.8. The fraction of sp³-hybridized carbons (Fsp3) is 0.500. The lowest BCUT2D eigenvalue weighted by Gasteiger charge is -2.27. The minimum atomic E-state index is -0.466. The van der Waals surface area contributed by atoms with Crippen LogP contribution < -0.4 is 0 Å². The fourth-order valence-electron chi connectivity index (χ4n) is 2.55. The number of carbonyl (C=O) groups excluding carboxylic acids is 1. The first-order valence-corrected chi connectivity index (χ1v) is 6.10. The zero-order valence-corrected chi connectivity index (χ0v) is 10.5. The zero-order valence-electron chi connectivity index (χ0n) is 10.5. The van der Waals surface area contributed by atoms with Crippen LogP contribution in [0.15, 0.2) is 30.3 Å². The van der Waals surface area contributed by atoms with Crippen LogP contribution in [0.2, 0.25) is 0 Å². The van der Waals surface area contributed by atoms with Crippen molar-refractivity contribution in [1.82, 2.24) is 4.90 Å². The summed E-state index contributed by atoms with van der Waals surface area (Å²) < 4.78 is 5.27. The number of likely N-dealkylation sites (tertiary alicyclic amines) is 1. The molecule has 1 aliphatic rings. The number of rotatable bonds is 3. The van der Waals surface area contributed by atoms with E-state index in [2.05, 4.69) is 4.90 Å². The zero-order chi connectivity index (χ0) is 12.3. The van der Waals surface area contributed by atoms with Gasteiger partial charge in [0.25, 0.3) is 0 Å². The summed E-state index contributed by atoms with van der Waals surface area (Å²) in [5.74, 6) is -0.0875. The second-order valence-corrected chi connectivity index (χ2v) is 4.66. The molecular weight excluding hydrogens is 214 g/mol. The Labute approximate surface area is 102 Å². The van der Waals surface area contributed by atoms with Gasteiger partial charge in [0.2, 0.25) is 0 Å². The average molecular weight is 233 g/mol. The van der Waals surface area contributed by atoms with Gasteiger partial charge in [-0.05, 0) is 32.5 Å². The van der Waals surface area contributed by atoms with E-state index in [1.54, 1.807) is 0 Å². The number of benzene rings is 1. The van der Waals surface area contributed by atoms with Crippen molar-refractivity contribution in [2.75, 3.05) is 26.7 Å². The number of nitrogens with zero attached hydrogens (tertiary/aromatic N) is 1. The number of carbonyl (C=O) groups is 1. The van der Waals surface area contributed by atoms with Crippen LogP contribution in [-0.4, -0.2) is 37.6 Å². The molecule has 0 amide bonds. The molecule has 1 fully saturated rings. The van der Waals surface area contributed by atoms with Crippen molar-refractivity contribution in [1.29, 1.82) is 0 Å². The van der Waals surface area contributed by atoms with Gasteiger partial charge in [-0.1, -0.05) is 30.3 Å². The minimum absolute atomic E-state index is 0.0875. The molecule has 0 aliphatic carbocycles. The van der Waals surface area contributed by atoms with Crippen LogP contribution in [-0.2, 0) is 14.9 Å². The molecule has 17 heavy (non-hydrogen) atoms. The second-order valence-electron chi connectivity index (χ2n) is 4.66. The van der Waals surface area contributed by atoms with Crippen molar-refractivity contribution in [2.24, 2.45) is 0 Å². The summed E-state index contributed by atoms with van der Waals surface area (Å²) in [5.41, 5.74) is 0.606. The van der Waals surface area contributed by atoms with Gasteiger partial charge in [-0.25, -0.2) is 0 Å². The summed E-state index contributed by atoms with van der Waals surface area (Å²) >= 11 is 0. The van der Waals surface area contributed by atoms with Crippen molar-refractivity contribution in [3.8, 4) is 0 Å². The summed E-state index contributed by atoms with van der Waals surface area (Å²) in [5, 5.41) is 0. The molecule has 1 aliphatic heterocycles. The monoisotopic (exact) mass is 233 g/mol. The second kappa shape index (κ2) is 4.88. The van der Waals surface area contributed by atoms with Gasteiger partial charge in [-0.2, -0.15) is 0 Å². The molecule has 3 nitrogen and oxygen atoms in total. The molecule has 0 saturated carbocycles. The summed E-state index contributed by atoms with van der Waals surface area (Å²) in [4.78, 5) is 14.4. The van der Waals surface area contributed by atoms with Crippen molar-refractivity contribution in [3.05, 3.63) is 35.9 Å². The molecule has 0 unspecified atom stereocenters. The largest absolute Gasteiger partial charge is 0.465 e. The topological polar surface area (TPSA) is 29.5 Å². The van der Waals surface area contributed by atoms with E-state index >= 15 is 0 Å². The van der Waals surface area contributed by atoms with E-state index in [9.17, 15) is 4.79 Å². The van der Waals surface area contributed by atoms with E-state index in [-0.39, 0.29) is 5.97 Å². The Morgan fingerprint density at radius 1 is 1.41 bits per heavy atom. The first-order chi connectivity index (χ1) is 8.19. The Kier molecular flexibility index (Phi) is 3.48. The summed E-state index contributed by atoms with van der Waals surface area (Å²) in [6.45, 7) is 3.98. The molecule has 2 rings (SSSR count). The molecule has 0 spiro atoms. The van der Waals surface area contributed by atoms with E-state index < -0.39 is 5.41 Å². The molecule has 1 aromatic rings. The maximum Gasteiger partial charge on any atom is 0.317 e. The lowest BCUT2D eigenvalue weighted by molar-refractivity contribution is -0.149. The van der Waals surface area contributed by atoms with Gasteiger partial charge in [-0.3, -0.25) is 4.79 Å². The van der Waals surface area contributed by atoms with Gasteiger partial charge >= 0.3 is 5.97 Å². The molecule has 3 heteroatoms. The Balaban J connectivity index is 2.35. The smallest absolute Gasteiger partial charge is 0.317 e. The van der Waals surface area contributed by atoms with Crippen molar-refractivity contribution < 1.29 is 9.53 Å². The third kappa shape index (κ3) is 2.20. The molecule has 92 valence electrons. The number of hydrogen-bond donors (Lipinski definition) is 0. The molecule has 0 N–H and O–H groups in total. The SMILES string of the molecule is CCOC(=O)[C@@]1(c2ccccc2)CCN(C)C1. The van der Waals surface area contributed by atoms with Crippen molar-refractivity contribution in [2.45, 2.75) is 18.8 Å². The predicted molar refractivity (Wildman–Crippen MR) is 66.9 cm³/mol. The fourth-order valence-corrected chi connectivity index (χ4v) is 2.55. The van der Waals surface area contributed by atoms with Crippen LogP contribution in [0, 0.1) is 0 Å². The predicted octanol–water partition coefficient (Wildman–Crippen LogP) is 1.82. The lowest BCUT2D eigenvalue weighted by Crippen LogP contribution is -2.39. The van der Waals surface area contributed by atoms with Crippen LogP contribution in [0.3, 0.4) is 0 Å². The van der Waals surface area contributed by atoms with Gasteiger partial charge in [0.05, 0.1) is 6.61 Å². The number of ether oxygens (including phenoxy) is 1. The summed E-state index contributed by atoms with van der Waals surface area (Å²) in [6, 6.07) is 9.98. The molecule has 0 bridgehead atoms. The summed E-state index contributed by atoms with van der Waals surface area (Å²) in [7, 11) is 2.05. The van der Waals surface area contributed by atoms with Gasteiger partial charge < -0.3 is 9.64 Å².